The highest BCUT2D eigenvalue weighted by atomic mass is 16.5. The highest BCUT2D eigenvalue weighted by molar-refractivity contribution is 6.06. The van der Waals surface area contributed by atoms with Gasteiger partial charge in [-0.25, -0.2) is 9.78 Å². The van der Waals surface area contributed by atoms with E-state index in [0.717, 1.165) is 5.56 Å². The Bertz CT molecular complexity index is 1660. The van der Waals surface area contributed by atoms with Gasteiger partial charge < -0.3 is 23.9 Å². The van der Waals surface area contributed by atoms with Crippen LogP contribution in [-0.2, 0) is 0 Å². The third kappa shape index (κ3) is 4.92. The van der Waals surface area contributed by atoms with Crippen molar-refractivity contribution in [1.82, 2.24) is 4.98 Å². The molecule has 38 heavy (non-hydrogen) atoms. The maximum Gasteiger partial charge on any atom is 0.347 e. The lowest BCUT2D eigenvalue weighted by Gasteiger charge is -2.13. The van der Waals surface area contributed by atoms with Crippen molar-refractivity contribution in [2.45, 2.75) is 6.92 Å². The van der Waals surface area contributed by atoms with Crippen LogP contribution in [0.4, 0.5) is 5.69 Å². The van der Waals surface area contributed by atoms with Crippen LogP contribution in [0, 0.1) is 6.92 Å². The minimum absolute atomic E-state index is 0.208. The van der Waals surface area contributed by atoms with E-state index in [2.05, 4.69) is 10.3 Å². The van der Waals surface area contributed by atoms with Gasteiger partial charge in [0.1, 0.15) is 28.3 Å². The Morgan fingerprint density at radius 3 is 2.21 bits per heavy atom. The van der Waals surface area contributed by atoms with E-state index in [0.29, 0.717) is 39.4 Å². The molecule has 8 heteroatoms. The summed E-state index contributed by atoms with van der Waals surface area (Å²) in [6, 6.07) is 24.2. The molecule has 1 aromatic heterocycles. The Morgan fingerprint density at radius 2 is 1.47 bits per heavy atom. The normalized spacial score (nSPS) is 10.7. The van der Waals surface area contributed by atoms with Crippen LogP contribution in [0.5, 0.6) is 17.2 Å². The number of aromatic nitrogens is 1. The molecule has 0 atom stereocenters. The molecule has 5 rings (SSSR count). The third-order valence-corrected chi connectivity index (χ3v) is 5.89. The number of oxazole rings is 1. The van der Waals surface area contributed by atoms with Gasteiger partial charge in [-0.1, -0.05) is 30.3 Å². The number of para-hydroxylation sites is 2. The van der Waals surface area contributed by atoms with Gasteiger partial charge in [0, 0.05) is 5.69 Å². The van der Waals surface area contributed by atoms with Crippen molar-refractivity contribution >= 4 is 28.7 Å². The van der Waals surface area contributed by atoms with Gasteiger partial charge in [-0.15, -0.1) is 0 Å². The molecular weight excluding hydrogens is 484 g/mol. The molecule has 0 aliphatic rings. The molecule has 190 valence electrons. The van der Waals surface area contributed by atoms with Crippen LogP contribution in [0.15, 0.2) is 89.3 Å². The Morgan fingerprint density at radius 1 is 0.789 bits per heavy atom. The third-order valence-electron chi connectivity index (χ3n) is 5.89. The number of hydrogen-bond acceptors (Lipinski definition) is 7. The number of benzene rings is 4. The number of carbonyl (C=O) groups excluding carboxylic acids is 2. The van der Waals surface area contributed by atoms with Crippen LogP contribution in [0.3, 0.4) is 0 Å². The van der Waals surface area contributed by atoms with E-state index in [1.165, 1.54) is 14.2 Å². The van der Waals surface area contributed by atoms with Crippen molar-refractivity contribution < 1.29 is 28.2 Å². The zero-order chi connectivity index (χ0) is 26.6. The zero-order valence-corrected chi connectivity index (χ0v) is 21.0. The summed E-state index contributed by atoms with van der Waals surface area (Å²) in [5.41, 5.74) is 3.74. The average Bonchev–Trinajstić information content (AvgIpc) is 3.36. The highest BCUT2D eigenvalue weighted by Gasteiger charge is 2.21. The molecule has 1 heterocycles. The van der Waals surface area contributed by atoms with Gasteiger partial charge in [0.25, 0.3) is 5.91 Å². The topological polar surface area (TPSA) is 99.9 Å². The van der Waals surface area contributed by atoms with Crippen LogP contribution in [0.25, 0.3) is 22.6 Å². The maximum absolute atomic E-state index is 13.1. The molecule has 4 aromatic carbocycles. The van der Waals surface area contributed by atoms with Crippen molar-refractivity contribution in [1.29, 1.82) is 0 Å². The predicted octanol–water partition coefficient (Wildman–Crippen LogP) is 6.29. The van der Waals surface area contributed by atoms with Gasteiger partial charge in [0.15, 0.2) is 5.58 Å². The van der Waals surface area contributed by atoms with Gasteiger partial charge in [0.2, 0.25) is 5.89 Å². The first kappa shape index (κ1) is 24.6. The van der Waals surface area contributed by atoms with Crippen molar-refractivity contribution in [3.63, 3.8) is 0 Å². The van der Waals surface area contributed by atoms with E-state index in [4.69, 9.17) is 18.6 Å². The van der Waals surface area contributed by atoms with Crippen LogP contribution >= 0.6 is 0 Å². The number of nitrogens with zero attached hydrogens (tertiary/aromatic N) is 1. The Kier molecular flexibility index (Phi) is 6.78. The lowest BCUT2D eigenvalue weighted by Crippen LogP contribution is -2.14. The number of amides is 1. The van der Waals surface area contributed by atoms with Crippen LogP contribution in [0.1, 0.15) is 26.3 Å². The largest absolute Gasteiger partial charge is 0.496 e. The maximum atomic E-state index is 13.1. The predicted molar refractivity (Wildman–Crippen MR) is 143 cm³/mol. The van der Waals surface area contributed by atoms with E-state index in [9.17, 15) is 9.59 Å². The minimum atomic E-state index is -0.610. The summed E-state index contributed by atoms with van der Waals surface area (Å²) in [4.78, 5) is 30.7. The summed E-state index contributed by atoms with van der Waals surface area (Å²) in [5, 5.41) is 2.87. The van der Waals surface area contributed by atoms with Gasteiger partial charge >= 0.3 is 5.97 Å². The van der Waals surface area contributed by atoms with Crippen molar-refractivity contribution in [2.24, 2.45) is 0 Å². The van der Waals surface area contributed by atoms with Gasteiger partial charge in [0.05, 0.1) is 25.3 Å². The zero-order valence-electron chi connectivity index (χ0n) is 21.0. The first-order valence-electron chi connectivity index (χ1n) is 11.8. The molecule has 0 bridgehead atoms. The second kappa shape index (κ2) is 10.5. The fourth-order valence-electron chi connectivity index (χ4n) is 4.02. The number of rotatable bonds is 7. The summed E-state index contributed by atoms with van der Waals surface area (Å²) in [6.07, 6.45) is 0. The number of anilines is 1. The minimum Gasteiger partial charge on any atom is -0.496 e. The van der Waals surface area contributed by atoms with Crippen molar-refractivity contribution in [3.05, 3.63) is 102 Å². The summed E-state index contributed by atoms with van der Waals surface area (Å²) in [5.74, 6) is 0.307. The number of ether oxygens (including phenoxy) is 3. The molecule has 1 amide bonds. The smallest absolute Gasteiger partial charge is 0.347 e. The molecule has 0 unspecified atom stereocenters. The lowest BCUT2D eigenvalue weighted by molar-refractivity contribution is 0.0731. The number of fused-ring (bicyclic) bond motifs is 1. The van der Waals surface area contributed by atoms with E-state index >= 15 is 0 Å². The van der Waals surface area contributed by atoms with E-state index in [1.54, 1.807) is 66.7 Å². The Hall–Kier alpha value is -5.11. The fraction of sp³-hybridized carbons (Fsp3) is 0.100. The quantitative estimate of drug-likeness (QED) is 0.204. The second-order valence-corrected chi connectivity index (χ2v) is 8.45. The number of hydrogen-bond donors (Lipinski definition) is 1. The molecule has 8 nitrogen and oxygen atoms in total. The summed E-state index contributed by atoms with van der Waals surface area (Å²) in [7, 11) is 2.99. The standard InChI is InChI=1S/C30H24N2O6/c1-18-12-14-27-23(16-18)32-29(37-27)22-17-19(31-28(33)20-8-4-6-10-24(20)35-2)13-15-26(22)38-30(34)21-9-5-7-11-25(21)36-3/h4-17H,1-3H3,(H,31,33). The highest BCUT2D eigenvalue weighted by Crippen LogP contribution is 2.35. The molecule has 0 fully saturated rings. The number of carbonyl (C=O) groups is 2. The van der Waals surface area contributed by atoms with Gasteiger partial charge in [-0.05, 0) is 67.1 Å². The van der Waals surface area contributed by atoms with Crippen LogP contribution in [0.2, 0.25) is 0 Å². The Balaban J connectivity index is 1.54. The summed E-state index contributed by atoms with van der Waals surface area (Å²) < 4.78 is 22.4. The SMILES string of the molecule is COc1ccccc1C(=O)Nc1ccc(OC(=O)c2ccccc2OC)c(-c2nc3cc(C)ccc3o2)c1. The van der Waals surface area contributed by atoms with Crippen molar-refractivity contribution in [2.75, 3.05) is 19.5 Å². The first-order chi connectivity index (χ1) is 18.5. The Labute approximate surface area is 218 Å². The number of aryl methyl sites for hydroxylation is 1. The van der Waals surface area contributed by atoms with E-state index < -0.39 is 5.97 Å². The molecule has 0 aliphatic carbocycles. The van der Waals surface area contributed by atoms with Gasteiger partial charge in [-0.3, -0.25) is 4.79 Å². The second-order valence-electron chi connectivity index (χ2n) is 8.45. The summed E-state index contributed by atoms with van der Waals surface area (Å²) >= 11 is 0. The van der Waals surface area contributed by atoms with Gasteiger partial charge in [-0.2, -0.15) is 0 Å². The number of nitrogens with one attached hydrogen (secondary N) is 1. The molecule has 0 radical (unpaired) electrons. The molecular formula is C30H24N2O6. The van der Waals surface area contributed by atoms with E-state index in [-0.39, 0.29) is 23.1 Å². The molecule has 0 aliphatic heterocycles. The molecule has 0 spiro atoms. The molecule has 0 saturated carbocycles. The van der Waals surface area contributed by atoms with E-state index in [1.807, 2.05) is 25.1 Å². The van der Waals surface area contributed by atoms with Crippen LogP contribution < -0.4 is 19.5 Å². The molecule has 5 aromatic rings. The first-order valence-corrected chi connectivity index (χ1v) is 11.8. The lowest BCUT2D eigenvalue weighted by atomic mass is 10.1. The fourth-order valence-corrected chi connectivity index (χ4v) is 4.02. The number of esters is 1. The van der Waals surface area contributed by atoms with Crippen molar-refractivity contribution in [3.8, 4) is 28.7 Å². The van der Waals surface area contributed by atoms with Crippen LogP contribution in [-0.4, -0.2) is 31.1 Å². The molecule has 1 N–H and O–H groups in total. The monoisotopic (exact) mass is 508 g/mol. The number of methoxy groups -OCH3 is 2. The average molecular weight is 509 g/mol. The summed E-state index contributed by atoms with van der Waals surface area (Å²) in [6.45, 7) is 1.96. The molecule has 0 saturated heterocycles.